The lowest BCUT2D eigenvalue weighted by Crippen LogP contribution is -2.19. The second-order valence-electron chi connectivity index (χ2n) is 3.76. The van der Waals surface area contributed by atoms with Crippen LogP contribution in [-0.4, -0.2) is 30.7 Å². The zero-order valence-corrected chi connectivity index (χ0v) is 11.0. The Labute approximate surface area is 110 Å². The van der Waals surface area contributed by atoms with Gasteiger partial charge in [0, 0.05) is 7.05 Å². The van der Waals surface area contributed by atoms with Gasteiger partial charge in [-0.05, 0) is 29.8 Å². The molecule has 5 heteroatoms. The van der Waals surface area contributed by atoms with E-state index in [1.165, 1.54) is 16.7 Å². The van der Waals surface area contributed by atoms with Gasteiger partial charge in [-0.1, -0.05) is 11.8 Å². The summed E-state index contributed by atoms with van der Waals surface area (Å²) >= 11 is 1.40. The Balaban J connectivity index is 2.42. The van der Waals surface area contributed by atoms with Crippen LogP contribution < -0.4 is 4.74 Å². The van der Waals surface area contributed by atoms with Crippen LogP contribution in [0.2, 0.25) is 0 Å². The standard InChI is InChI=1S/C13H12N2O2S/c1-15-12(16)8-18-13(15)11(7-14)9-3-5-10(17-2)6-4-9/h3-6H,8H2,1-2H3/b13-11-. The van der Waals surface area contributed by atoms with Crippen molar-refractivity contribution in [3.63, 3.8) is 0 Å². The third kappa shape index (κ3) is 2.20. The summed E-state index contributed by atoms with van der Waals surface area (Å²) in [6.07, 6.45) is 0. The van der Waals surface area contributed by atoms with Gasteiger partial charge >= 0.3 is 0 Å². The Morgan fingerprint density at radius 2 is 2.11 bits per heavy atom. The number of nitriles is 1. The van der Waals surface area contributed by atoms with Crippen LogP contribution in [0, 0.1) is 11.3 Å². The summed E-state index contributed by atoms with van der Waals surface area (Å²) in [5.74, 6) is 1.16. The van der Waals surface area contributed by atoms with E-state index in [0.717, 1.165) is 11.3 Å². The Kier molecular flexibility index (Phi) is 3.58. The van der Waals surface area contributed by atoms with E-state index in [1.807, 2.05) is 12.1 Å². The second-order valence-corrected chi connectivity index (χ2v) is 4.73. The van der Waals surface area contributed by atoms with E-state index in [4.69, 9.17) is 4.74 Å². The first-order valence-electron chi connectivity index (χ1n) is 5.35. The Bertz CT molecular complexity index is 543. The van der Waals surface area contributed by atoms with Crippen LogP contribution in [0.15, 0.2) is 29.3 Å². The number of carbonyl (C=O) groups excluding carboxylic acids is 1. The zero-order valence-electron chi connectivity index (χ0n) is 10.1. The smallest absolute Gasteiger partial charge is 0.237 e. The molecule has 1 fully saturated rings. The quantitative estimate of drug-likeness (QED) is 0.764. The fourth-order valence-electron chi connectivity index (χ4n) is 1.67. The van der Waals surface area contributed by atoms with E-state index >= 15 is 0 Å². The Morgan fingerprint density at radius 1 is 1.44 bits per heavy atom. The van der Waals surface area contributed by atoms with Gasteiger partial charge in [-0.15, -0.1) is 0 Å². The van der Waals surface area contributed by atoms with Gasteiger partial charge in [0.2, 0.25) is 5.91 Å². The molecule has 0 aromatic heterocycles. The van der Waals surface area contributed by atoms with Crippen LogP contribution >= 0.6 is 11.8 Å². The van der Waals surface area contributed by atoms with E-state index < -0.39 is 0 Å². The number of rotatable bonds is 2. The number of amides is 1. The van der Waals surface area contributed by atoms with Gasteiger partial charge in [0.15, 0.2) is 0 Å². The van der Waals surface area contributed by atoms with Gasteiger partial charge in [0.1, 0.15) is 11.8 Å². The molecule has 1 aliphatic rings. The summed E-state index contributed by atoms with van der Waals surface area (Å²) in [6, 6.07) is 9.42. The molecular formula is C13H12N2O2S. The molecule has 1 saturated heterocycles. The highest BCUT2D eigenvalue weighted by atomic mass is 32.2. The summed E-state index contributed by atoms with van der Waals surface area (Å²) < 4.78 is 5.08. The van der Waals surface area contributed by atoms with Crippen molar-refractivity contribution in [3.05, 3.63) is 34.9 Å². The molecule has 0 saturated carbocycles. The number of hydrogen-bond acceptors (Lipinski definition) is 4. The minimum Gasteiger partial charge on any atom is -0.497 e. The maximum absolute atomic E-state index is 11.5. The van der Waals surface area contributed by atoms with Crippen molar-refractivity contribution >= 4 is 23.2 Å². The van der Waals surface area contributed by atoms with Crippen molar-refractivity contribution in [2.24, 2.45) is 0 Å². The zero-order chi connectivity index (χ0) is 13.1. The van der Waals surface area contributed by atoms with Crippen LogP contribution in [0.25, 0.3) is 5.57 Å². The van der Waals surface area contributed by atoms with Crippen molar-refractivity contribution in [1.29, 1.82) is 5.26 Å². The second kappa shape index (κ2) is 5.15. The first-order valence-corrected chi connectivity index (χ1v) is 6.34. The van der Waals surface area contributed by atoms with Crippen molar-refractivity contribution in [1.82, 2.24) is 4.90 Å². The molecule has 2 rings (SSSR count). The highest BCUT2D eigenvalue weighted by Crippen LogP contribution is 2.34. The van der Waals surface area contributed by atoms with E-state index in [9.17, 15) is 10.1 Å². The lowest BCUT2D eigenvalue weighted by atomic mass is 10.1. The molecule has 0 radical (unpaired) electrons. The number of allylic oxidation sites excluding steroid dienone is 1. The number of nitrogens with zero attached hydrogens (tertiary/aromatic N) is 2. The van der Waals surface area contributed by atoms with Gasteiger partial charge < -0.3 is 9.64 Å². The topological polar surface area (TPSA) is 53.3 Å². The lowest BCUT2D eigenvalue weighted by molar-refractivity contribution is -0.124. The van der Waals surface area contributed by atoms with Crippen LogP contribution in [0.3, 0.4) is 0 Å². The minimum absolute atomic E-state index is 0.0243. The summed E-state index contributed by atoms with van der Waals surface area (Å²) in [4.78, 5) is 13.0. The molecule has 0 N–H and O–H groups in total. The molecule has 0 bridgehead atoms. The average molecular weight is 260 g/mol. The number of methoxy groups -OCH3 is 1. The Morgan fingerprint density at radius 3 is 2.56 bits per heavy atom. The van der Waals surface area contributed by atoms with Crippen LogP contribution in [0.5, 0.6) is 5.75 Å². The maximum Gasteiger partial charge on any atom is 0.237 e. The number of carbonyl (C=O) groups is 1. The summed E-state index contributed by atoms with van der Waals surface area (Å²) in [5.41, 5.74) is 1.32. The molecule has 4 nitrogen and oxygen atoms in total. The summed E-state index contributed by atoms with van der Waals surface area (Å²) in [7, 11) is 3.29. The van der Waals surface area contributed by atoms with Crippen molar-refractivity contribution in [3.8, 4) is 11.8 Å². The van der Waals surface area contributed by atoms with E-state index in [2.05, 4.69) is 6.07 Å². The van der Waals surface area contributed by atoms with Crippen LogP contribution in [0.4, 0.5) is 0 Å². The fourth-order valence-corrected chi connectivity index (χ4v) is 2.73. The molecule has 92 valence electrons. The van der Waals surface area contributed by atoms with E-state index in [-0.39, 0.29) is 5.91 Å². The van der Waals surface area contributed by atoms with E-state index in [1.54, 1.807) is 26.3 Å². The van der Waals surface area contributed by atoms with Crippen molar-refractivity contribution in [2.75, 3.05) is 19.9 Å². The predicted octanol–water partition coefficient (Wildman–Crippen LogP) is 2.09. The molecule has 1 heterocycles. The van der Waals surface area contributed by atoms with Crippen LogP contribution in [-0.2, 0) is 4.79 Å². The number of thioether (sulfide) groups is 1. The van der Waals surface area contributed by atoms with E-state index in [0.29, 0.717) is 16.4 Å². The normalized spacial score (nSPS) is 17.6. The number of hydrogen-bond donors (Lipinski definition) is 0. The third-order valence-electron chi connectivity index (χ3n) is 2.72. The minimum atomic E-state index is 0.0243. The SMILES string of the molecule is COc1ccc(/C(C#N)=C2\SCC(=O)N2C)cc1. The first-order chi connectivity index (χ1) is 8.67. The molecule has 1 aromatic carbocycles. The van der Waals surface area contributed by atoms with Crippen LogP contribution in [0.1, 0.15) is 5.56 Å². The number of benzene rings is 1. The fraction of sp³-hybridized carbons (Fsp3) is 0.231. The lowest BCUT2D eigenvalue weighted by Gasteiger charge is -2.12. The highest BCUT2D eigenvalue weighted by Gasteiger charge is 2.26. The highest BCUT2D eigenvalue weighted by molar-refractivity contribution is 8.04. The van der Waals surface area contributed by atoms with Gasteiger partial charge in [-0.2, -0.15) is 5.26 Å². The molecule has 1 aliphatic heterocycles. The average Bonchev–Trinajstić information content (AvgIpc) is 2.73. The molecule has 0 atom stereocenters. The van der Waals surface area contributed by atoms with Gasteiger partial charge in [-0.3, -0.25) is 4.79 Å². The monoisotopic (exact) mass is 260 g/mol. The van der Waals surface area contributed by atoms with Crippen molar-refractivity contribution in [2.45, 2.75) is 0 Å². The first kappa shape index (κ1) is 12.5. The van der Waals surface area contributed by atoms with Gasteiger partial charge in [-0.25, -0.2) is 0 Å². The Hall–Kier alpha value is -1.93. The predicted molar refractivity (Wildman–Crippen MR) is 70.8 cm³/mol. The largest absolute Gasteiger partial charge is 0.497 e. The maximum atomic E-state index is 11.5. The summed E-state index contributed by atoms with van der Waals surface area (Å²) in [5, 5.41) is 10.00. The molecule has 0 spiro atoms. The molecule has 1 aromatic rings. The molecule has 1 amide bonds. The molecule has 0 unspecified atom stereocenters. The summed E-state index contributed by atoms with van der Waals surface area (Å²) in [6.45, 7) is 0. The van der Waals surface area contributed by atoms with Crippen molar-refractivity contribution < 1.29 is 9.53 Å². The van der Waals surface area contributed by atoms with Gasteiger partial charge in [0.25, 0.3) is 0 Å². The third-order valence-corrected chi connectivity index (χ3v) is 3.86. The molecular weight excluding hydrogens is 248 g/mol. The van der Waals surface area contributed by atoms with Gasteiger partial charge in [0.05, 0.1) is 23.5 Å². The molecule has 0 aliphatic carbocycles. The number of ether oxygens (including phenoxy) is 1. The molecule has 18 heavy (non-hydrogen) atoms.